The number of nitrogens with two attached hydrogens (primary N) is 1. The average Bonchev–Trinajstić information content (AvgIpc) is 2.27. The molecular weight excluding hydrogens is 233 g/mol. The second-order valence-electron chi connectivity index (χ2n) is 4.56. The molecule has 0 bridgehead atoms. The quantitative estimate of drug-likeness (QED) is 0.830. The van der Waals surface area contributed by atoms with Gasteiger partial charge >= 0.3 is 0 Å². The topological polar surface area (TPSA) is 58.4 Å². The molecule has 0 unspecified atom stereocenters. The summed E-state index contributed by atoms with van der Waals surface area (Å²) in [5, 5.41) is 2.81. The number of carbonyl (C=O) groups is 1. The van der Waals surface area contributed by atoms with E-state index < -0.39 is 0 Å². The van der Waals surface area contributed by atoms with Gasteiger partial charge in [0.1, 0.15) is 5.82 Å². The number of benzene rings is 1. The molecule has 0 aliphatic heterocycles. The molecule has 0 saturated heterocycles. The van der Waals surface area contributed by atoms with Gasteiger partial charge in [-0.3, -0.25) is 4.79 Å². The lowest BCUT2D eigenvalue weighted by Gasteiger charge is -2.22. The van der Waals surface area contributed by atoms with Crippen LogP contribution in [0.25, 0.3) is 0 Å². The lowest BCUT2D eigenvalue weighted by molar-refractivity contribution is -0.120. The van der Waals surface area contributed by atoms with Crippen molar-refractivity contribution in [1.82, 2.24) is 5.32 Å². The lowest BCUT2D eigenvalue weighted by Crippen LogP contribution is -2.38. The minimum atomic E-state index is -0.320. The van der Waals surface area contributed by atoms with E-state index in [1.54, 1.807) is 18.0 Å². The molecule has 0 atom stereocenters. The molecule has 1 aromatic rings. The Morgan fingerprint density at radius 1 is 1.50 bits per heavy atom. The summed E-state index contributed by atoms with van der Waals surface area (Å²) in [7, 11) is 1.78. The predicted molar refractivity (Wildman–Crippen MR) is 70.8 cm³/mol. The minimum Gasteiger partial charge on any atom is -0.365 e. The van der Waals surface area contributed by atoms with Gasteiger partial charge in [-0.1, -0.05) is 0 Å². The molecule has 100 valence electrons. The molecule has 1 amide bonds. The SMILES string of the molecule is CC(C)NC(=O)CN(C)c1ccc(F)cc1CN. The fourth-order valence-electron chi connectivity index (χ4n) is 1.76. The third-order valence-corrected chi connectivity index (χ3v) is 2.50. The molecule has 5 heteroatoms. The van der Waals surface area contributed by atoms with Gasteiger partial charge in [0.25, 0.3) is 0 Å². The highest BCUT2D eigenvalue weighted by Gasteiger charge is 2.11. The van der Waals surface area contributed by atoms with E-state index in [0.717, 1.165) is 5.69 Å². The van der Waals surface area contributed by atoms with E-state index in [-0.39, 0.29) is 30.9 Å². The molecule has 1 rings (SSSR count). The number of rotatable bonds is 5. The first-order chi connectivity index (χ1) is 8.43. The maximum absolute atomic E-state index is 13.1. The molecule has 0 spiro atoms. The van der Waals surface area contributed by atoms with Gasteiger partial charge in [0.2, 0.25) is 5.91 Å². The summed E-state index contributed by atoms with van der Waals surface area (Å²) in [6.45, 7) is 4.27. The molecule has 0 aromatic heterocycles. The summed E-state index contributed by atoms with van der Waals surface area (Å²) < 4.78 is 13.1. The van der Waals surface area contributed by atoms with Gasteiger partial charge in [-0.25, -0.2) is 4.39 Å². The van der Waals surface area contributed by atoms with Crippen LogP contribution >= 0.6 is 0 Å². The molecule has 0 aliphatic rings. The van der Waals surface area contributed by atoms with Crippen LogP contribution in [0.15, 0.2) is 18.2 Å². The Morgan fingerprint density at radius 3 is 2.72 bits per heavy atom. The Hall–Kier alpha value is -1.62. The number of carbonyl (C=O) groups excluding carboxylic acids is 1. The third-order valence-electron chi connectivity index (χ3n) is 2.50. The highest BCUT2D eigenvalue weighted by molar-refractivity contribution is 5.81. The van der Waals surface area contributed by atoms with E-state index in [1.807, 2.05) is 13.8 Å². The molecule has 0 radical (unpaired) electrons. The van der Waals surface area contributed by atoms with Gasteiger partial charge in [0.15, 0.2) is 0 Å². The van der Waals surface area contributed by atoms with Crippen molar-refractivity contribution in [1.29, 1.82) is 0 Å². The molecule has 0 heterocycles. The van der Waals surface area contributed by atoms with E-state index in [2.05, 4.69) is 5.32 Å². The maximum Gasteiger partial charge on any atom is 0.239 e. The zero-order valence-corrected chi connectivity index (χ0v) is 11.0. The van der Waals surface area contributed by atoms with Gasteiger partial charge in [0, 0.05) is 25.3 Å². The molecule has 0 saturated carbocycles. The zero-order chi connectivity index (χ0) is 13.7. The maximum atomic E-state index is 13.1. The average molecular weight is 253 g/mol. The number of amides is 1. The smallest absolute Gasteiger partial charge is 0.239 e. The fourth-order valence-corrected chi connectivity index (χ4v) is 1.76. The van der Waals surface area contributed by atoms with Crippen molar-refractivity contribution in [2.75, 3.05) is 18.5 Å². The number of hydrogen-bond donors (Lipinski definition) is 2. The number of hydrogen-bond acceptors (Lipinski definition) is 3. The molecule has 0 aliphatic carbocycles. The van der Waals surface area contributed by atoms with Crippen LogP contribution in [0.5, 0.6) is 0 Å². The fraction of sp³-hybridized carbons (Fsp3) is 0.462. The minimum absolute atomic E-state index is 0.0696. The zero-order valence-electron chi connectivity index (χ0n) is 11.0. The Morgan fingerprint density at radius 2 is 2.17 bits per heavy atom. The summed E-state index contributed by atoms with van der Waals surface area (Å²) in [4.78, 5) is 13.4. The van der Waals surface area contributed by atoms with Crippen molar-refractivity contribution >= 4 is 11.6 Å². The van der Waals surface area contributed by atoms with Crippen molar-refractivity contribution in [2.45, 2.75) is 26.4 Å². The van der Waals surface area contributed by atoms with E-state index in [0.29, 0.717) is 5.56 Å². The number of anilines is 1. The van der Waals surface area contributed by atoms with Crippen LogP contribution in [0.4, 0.5) is 10.1 Å². The monoisotopic (exact) mass is 253 g/mol. The summed E-state index contributed by atoms with van der Waals surface area (Å²) in [6, 6.07) is 4.51. The summed E-state index contributed by atoms with van der Waals surface area (Å²) in [5.74, 6) is -0.390. The molecule has 1 aromatic carbocycles. The summed E-state index contributed by atoms with van der Waals surface area (Å²) >= 11 is 0. The van der Waals surface area contributed by atoms with Crippen LogP contribution in [0.1, 0.15) is 19.4 Å². The molecular formula is C13H20FN3O. The first-order valence-corrected chi connectivity index (χ1v) is 5.93. The Balaban J connectivity index is 2.77. The van der Waals surface area contributed by atoms with Crippen LogP contribution in [0.3, 0.4) is 0 Å². The Bertz CT molecular complexity index is 421. The molecule has 3 N–H and O–H groups in total. The predicted octanol–water partition coefficient (Wildman–Crippen LogP) is 1.25. The Kier molecular flexibility index (Phi) is 5.09. The van der Waals surface area contributed by atoms with Crippen molar-refractivity contribution in [3.8, 4) is 0 Å². The molecule has 18 heavy (non-hydrogen) atoms. The van der Waals surface area contributed by atoms with Crippen molar-refractivity contribution in [2.24, 2.45) is 5.73 Å². The van der Waals surface area contributed by atoms with E-state index in [4.69, 9.17) is 5.73 Å². The van der Waals surface area contributed by atoms with Crippen molar-refractivity contribution < 1.29 is 9.18 Å². The second-order valence-corrected chi connectivity index (χ2v) is 4.56. The van der Waals surface area contributed by atoms with Crippen LogP contribution in [0.2, 0.25) is 0 Å². The molecule has 4 nitrogen and oxygen atoms in total. The van der Waals surface area contributed by atoms with Crippen LogP contribution < -0.4 is 16.0 Å². The summed E-state index contributed by atoms with van der Waals surface area (Å²) in [5.41, 5.74) is 7.04. The normalized spacial score (nSPS) is 10.6. The highest BCUT2D eigenvalue weighted by atomic mass is 19.1. The van der Waals surface area contributed by atoms with Crippen LogP contribution in [-0.4, -0.2) is 25.5 Å². The lowest BCUT2D eigenvalue weighted by atomic mass is 10.1. The number of nitrogens with zero attached hydrogens (tertiary/aromatic N) is 1. The second kappa shape index (κ2) is 6.35. The summed E-state index contributed by atoms with van der Waals surface area (Å²) in [6.07, 6.45) is 0. The van der Waals surface area contributed by atoms with Crippen molar-refractivity contribution in [3.05, 3.63) is 29.6 Å². The van der Waals surface area contributed by atoms with Gasteiger partial charge in [-0.15, -0.1) is 0 Å². The van der Waals surface area contributed by atoms with Crippen LogP contribution in [-0.2, 0) is 11.3 Å². The van der Waals surface area contributed by atoms with E-state index >= 15 is 0 Å². The highest BCUT2D eigenvalue weighted by Crippen LogP contribution is 2.19. The number of nitrogens with one attached hydrogen (secondary N) is 1. The van der Waals surface area contributed by atoms with E-state index in [9.17, 15) is 9.18 Å². The van der Waals surface area contributed by atoms with Gasteiger partial charge in [-0.2, -0.15) is 0 Å². The van der Waals surface area contributed by atoms with Gasteiger partial charge < -0.3 is 16.0 Å². The number of halogens is 1. The van der Waals surface area contributed by atoms with Crippen molar-refractivity contribution in [3.63, 3.8) is 0 Å². The standard InChI is InChI=1S/C13H20FN3O/c1-9(2)16-13(18)8-17(3)12-5-4-11(14)6-10(12)7-15/h4-6,9H,7-8,15H2,1-3H3,(H,16,18). The number of likely N-dealkylation sites (N-methyl/N-ethyl adjacent to an activating group) is 1. The Labute approximate surface area is 107 Å². The van der Waals surface area contributed by atoms with E-state index in [1.165, 1.54) is 12.1 Å². The van der Waals surface area contributed by atoms with Gasteiger partial charge in [-0.05, 0) is 37.6 Å². The van der Waals surface area contributed by atoms with Crippen LogP contribution in [0, 0.1) is 5.82 Å². The van der Waals surface area contributed by atoms with Gasteiger partial charge in [0.05, 0.1) is 6.54 Å². The largest absolute Gasteiger partial charge is 0.365 e. The first-order valence-electron chi connectivity index (χ1n) is 5.93. The first kappa shape index (κ1) is 14.4. The third kappa shape index (κ3) is 4.00. The molecule has 0 fully saturated rings.